The van der Waals surface area contributed by atoms with Crippen molar-refractivity contribution >= 4 is 11.9 Å². The van der Waals surface area contributed by atoms with Gasteiger partial charge in [0.2, 0.25) is 0 Å². The van der Waals surface area contributed by atoms with E-state index >= 15 is 0 Å². The third-order valence-corrected chi connectivity index (χ3v) is 2.60. The monoisotopic (exact) mass is 260 g/mol. The summed E-state index contributed by atoms with van der Waals surface area (Å²) < 4.78 is 0. The summed E-state index contributed by atoms with van der Waals surface area (Å²) in [5.41, 5.74) is 1.42. The van der Waals surface area contributed by atoms with Crippen molar-refractivity contribution in [3.8, 4) is 6.07 Å². The van der Waals surface area contributed by atoms with Crippen LogP contribution in [0.2, 0.25) is 0 Å². The lowest BCUT2D eigenvalue weighted by Crippen LogP contribution is -2.24. The number of nitriles is 1. The minimum Gasteiger partial charge on any atom is -0.481 e. The molecule has 0 saturated heterocycles. The number of aliphatic carboxylic acids is 1. The number of hydrogen-bond donors (Lipinski definition) is 2. The molecule has 1 aromatic rings. The highest BCUT2D eigenvalue weighted by Crippen LogP contribution is 2.05. The molecule has 0 aliphatic heterocycles. The van der Waals surface area contributed by atoms with Crippen LogP contribution in [0.3, 0.4) is 0 Å². The van der Waals surface area contributed by atoms with Crippen molar-refractivity contribution in [3.63, 3.8) is 0 Å². The first-order valence-corrected chi connectivity index (χ1v) is 6.09. The van der Waals surface area contributed by atoms with E-state index < -0.39 is 5.97 Å². The molecule has 0 aliphatic rings. The Hall–Kier alpha value is -2.35. The summed E-state index contributed by atoms with van der Waals surface area (Å²) in [7, 11) is 0. The van der Waals surface area contributed by atoms with Crippen LogP contribution in [0.25, 0.3) is 0 Å². The summed E-state index contributed by atoms with van der Waals surface area (Å²) in [5, 5.41) is 19.7. The minimum absolute atomic E-state index is 0.124. The molecule has 1 amide bonds. The fraction of sp³-hybridized carbons (Fsp3) is 0.357. The van der Waals surface area contributed by atoms with E-state index in [1.54, 1.807) is 24.3 Å². The van der Waals surface area contributed by atoms with E-state index in [-0.39, 0.29) is 12.3 Å². The van der Waals surface area contributed by atoms with Gasteiger partial charge in [-0.25, -0.2) is 0 Å². The molecule has 0 radical (unpaired) electrons. The largest absolute Gasteiger partial charge is 0.481 e. The molecule has 0 saturated carbocycles. The SMILES string of the molecule is N#CCc1ccc(C(=O)NCCCCC(=O)O)cc1. The first kappa shape index (κ1) is 14.7. The second-order valence-corrected chi connectivity index (χ2v) is 4.14. The Morgan fingerprint density at radius 3 is 2.47 bits per heavy atom. The zero-order valence-electron chi connectivity index (χ0n) is 10.6. The molecule has 1 aromatic carbocycles. The van der Waals surface area contributed by atoms with Crippen molar-refractivity contribution < 1.29 is 14.7 Å². The van der Waals surface area contributed by atoms with Crippen LogP contribution in [0, 0.1) is 11.3 Å². The third-order valence-electron chi connectivity index (χ3n) is 2.60. The molecule has 0 atom stereocenters. The third kappa shape index (κ3) is 5.68. The topological polar surface area (TPSA) is 90.2 Å². The van der Waals surface area contributed by atoms with Crippen LogP contribution in [0.4, 0.5) is 0 Å². The predicted octanol–water partition coefficient (Wildman–Crippen LogP) is 1.74. The quantitative estimate of drug-likeness (QED) is 0.730. The Balaban J connectivity index is 2.33. The van der Waals surface area contributed by atoms with Crippen molar-refractivity contribution in [1.82, 2.24) is 5.32 Å². The average molecular weight is 260 g/mol. The van der Waals surface area contributed by atoms with E-state index in [1.807, 2.05) is 6.07 Å². The normalized spacial score (nSPS) is 9.63. The fourth-order valence-corrected chi connectivity index (χ4v) is 1.57. The lowest BCUT2D eigenvalue weighted by Gasteiger charge is -2.05. The summed E-state index contributed by atoms with van der Waals surface area (Å²) in [4.78, 5) is 22.0. The second-order valence-electron chi connectivity index (χ2n) is 4.14. The highest BCUT2D eigenvalue weighted by Gasteiger charge is 2.04. The number of nitrogens with zero attached hydrogens (tertiary/aromatic N) is 1. The first-order chi connectivity index (χ1) is 9.13. The molecule has 5 heteroatoms. The van der Waals surface area contributed by atoms with E-state index in [0.29, 0.717) is 31.4 Å². The van der Waals surface area contributed by atoms with Crippen molar-refractivity contribution in [2.45, 2.75) is 25.7 Å². The van der Waals surface area contributed by atoms with Crippen LogP contribution in [-0.4, -0.2) is 23.5 Å². The van der Waals surface area contributed by atoms with Gasteiger partial charge in [-0.15, -0.1) is 0 Å². The Morgan fingerprint density at radius 1 is 1.21 bits per heavy atom. The molecule has 1 rings (SSSR count). The number of carboxylic acid groups (broad SMARTS) is 1. The van der Waals surface area contributed by atoms with Crippen molar-refractivity contribution in [2.24, 2.45) is 0 Å². The molecule has 0 aliphatic carbocycles. The van der Waals surface area contributed by atoms with Gasteiger partial charge in [0.1, 0.15) is 0 Å². The molecule has 0 bridgehead atoms. The fourth-order valence-electron chi connectivity index (χ4n) is 1.57. The van der Waals surface area contributed by atoms with Crippen molar-refractivity contribution in [2.75, 3.05) is 6.54 Å². The van der Waals surface area contributed by atoms with Crippen LogP contribution in [-0.2, 0) is 11.2 Å². The Morgan fingerprint density at radius 2 is 1.89 bits per heavy atom. The van der Waals surface area contributed by atoms with Gasteiger partial charge < -0.3 is 10.4 Å². The lowest BCUT2D eigenvalue weighted by atomic mass is 10.1. The molecule has 0 aromatic heterocycles. The van der Waals surface area contributed by atoms with Gasteiger partial charge >= 0.3 is 5.97 Å². The molecule has 5 nitrogen and oxygen atoms in total. The highest BCUT2D eigenvalue weighted by molar-refractivity contribution is 5.94. The van der Waals surface area contributed by atoms with Crippen LogP contribution >= 0.6 is 0 Å². The molecule has 100 valence electrons. The maximum Gasteiger partial charge on any atom is 0.303 e. The maximum absolute atomic E-state index is 11.7. The minimum atomic E-state index is -0.820. The van der Waals surface area contributed by atoms with Gasteiger partial charge in [0, 0.05) is 18.5 Å². The van der Waals surface area contributed by atoms with E-state index in [0.717, 1.165) is 5.56 Å². The molecule has 0 fully saturated rings. The number of hydrogen-bond acceptors (Lipinski definition) is 3. The summed E-state index contributed by atoms with van der Waals surface area (Å²) in [5.74, 6) is -1.00. The number of benzene rings is 1. The van der Waals surface area contributed by atoms with Crippen LogP contribution < -0.4 is 5.32 Å². The van der Waals surface area contributed by atoms with E-state index in [4.69, 9.17) is 10.4 Å². The number of carboxylic acids is 1. The van der Waals surface area contributed by atoms with Crippen LogP contribution in [0.5, 0.6) is 0 Å². The smallest absolute Gasteiger partial charge is 0.303 e. The lowest BCUT2D eigenvalue weighted by molar-refractivity contribution is -0.137. The van der Waals surface area contributed by atoms with Gasteiger partial charge in [-0.05, 0) is 30.5 Å². The van der Waals surface area contributed by atoms with Crippen LogP contribution in [0.1, 0.15) is 35.2 Å². The number of unbranched alkanes of at least 4 members (excludes halogenated alkanes) is 1. The van der Waals surface area contributed by atoms with Gasteiger partial charge in [-0.2, -0.15) is 5.26 Å². The summed E-state index contributed by atoms with van der Waals surface area (Å²) in [6, 6.07) is 8.91. The van der Waals surface area contributed by atoms with Gasteiger partial charge in [0.25, 0.3) is 5.91 Å². The molecule has 0 spiro atoms. The van der Waals surface area contributed by atoms with Crippen LogP contribution in [0.15, 0.2) is 24.3 Å². The Bertz CT molecular complexity index is 474. The zero-order valence-corrected chi connectivity index (χ0v) is 10.6. The summed E-state index contributed by atoms with van der Waals surface area (Å²) >= 11 is 0. The Labute approximate surface area is 111 Å². The van der Waals surface area contributed by atoms with Crippen molar-refractivity contribution in [1.29, 1.82) is 5.26 Å². The predicted molar refractivity (Wildman–Crippen MR) is 69.6 cm³/mol. The number of rotatable bonds is 7. The van der Waals surface area contributed by atoms with E-state index in [1.165, 1.54) is 0 Å². The molecule has 19 heavy (non-hydrogen) atoms. The number of carbonyl (C=O) groups is 2. The Kier molecular flexibility index (Phi) is 6.10. The molecular weight excluding hydrogens is 244 g/mol. The zero-order chi connectivity index (χ0) is 14.1. The second kappa shape index (κ2) is 7.88. The standard InChI is InChI=1S/C14H16N2O3/c15-9-8-11-4-6-12(7-5-11)14(19)16-10-2-1-3-13(17)18/h4-7H,1-3,8,10H2,(H,16,19)(H,17,18). The van der Waals surface area contributed by atoms with Gasteiger partial charge in [-0.1, -0.05) is 12.1 Å². The molecule has 0 unspecified atom stereocenters. The van der Waals surface area contributed by atoms with Gasteiger partial charge in [0.05, 0.1) is 12.5 Å². The number of amides is 1. The van der Waals surface area contributed by atoms with E-state index in [2.05, 4.69) is 5.32 Å². The maximum atomic E-state index is 11.7. The molecular formula is C14H16N2O3. The number of carbonyl (C=O) groups excluding carboxylic acids is 1. The first-order valence-electron chi connectivity index (χ1n) is 6.09. The molecule has 0 heterocycles. The summed E-state index contributed by atoms with van der Waals surface area (Å²) in [6.45, 7) is 0.464. The van der Waals surface area contributed by atoms with Crippen molar-refractivity contribution in [3.05, 3.63) is 35.4 Å². The molecule has 2 N–H and O–H groups in total. The summed E-state index contributed by atoms with van der Waals surface area (Å²) in [6.07, 6.45) is 1.65. The number of nitrogens with one attached hydrogen (secondary N) is 1. The van der Waals surface area contributed by atoms with Gasteiger partial charge in [-0.3, -0.25) is 9.59 Å². The van der Waals surface area contributed by atoms with E-state index in [9.17, 15) is 9.59 Å². The highest BCUT2D eigenvalue weighted by atomic mass is 16.4. The van der Waals surface area contributed by atoms with Gasteiger partial charge in [0.15, 0.2) is 0 Å². The average Bonchev–Trinajstić information content (AvgIpc) is 2.39.